The van der Waals surface area contributed by atoms with E-state index in [1.807, 2.05) is 31.2 Å². The second-order valence-corrected chi connectivity index (χ2v) is 6.72. The molecule has 144 valence electrons. The highest BCUT2D eigenvalue weighted by Gasteiger charge is 2.50. The number of carbonyl (C=O) groups is 2. The van der Waals surface area contributed by atoms with Gasteiger partial charge in [-0.3, -0.25) is 9.69 Å². The number of hydrogen-bond acceptors (Lipinski definition) is 5. The predicted octanol–water partition coefficient (Wildman–Crippen LogP) is 3.14. The van der Waals surface area contributed by atoms with Crippen molar-refractivity contribution >= 4 is 11.9 Å². The smallest absolute Gasteiger partial charge is 0.325 e. The van der Waals surface area contributed by atoms with E-state index >= 15 is 0 Å². The molecule has 1 aromatic heterocycles. The summed E-state index contributed by atoms with van der Waals surface area (Å²) >= 11 is 0. The van der Waals surface area contributed by atoms with Crippen LogP contribution in [0, 0.1) is 13.8 Å². The van der Waals surface area contributed by atoms with E-state index in [2.05, 4.69) is 5.32 Å². The number of urea groups is 1. The molecule has 1 aliphatic heterocycles. The molecule has 1 saturated heterocycles. The Morgan fingerprint density at radius 3 is 2.41 bits per heavy atom. The maximum Gasteiger partial charge on any atom is 0.325 e. The quantitative estimate of drug-likeness (QED) is 0.596. The SMILES string of the molecule is COc1ccc(OCCCN2C(=O)NC(C)(c3cc(C)oc3C)C2=O)cc1. The highest BCUT2D eigenvalue weighted by molar-refractivity contribution is 6.07. The third kappa shape index (κ3) is 3.63. The summed E-state index contributed by atoms with van der Waals surface area (Å²) in [5.41, 5.74) is -0.411. The number of nitrogens with zero attached hydrogens (tertiary/aromatic N) is 1. The Kier molecular flexibility index (Phi) is 5.12. The fourth-order valence-electron chi connectivity index (χ4n) is 3.29. The van der Waals surface area contributed by atoms with E-state index in [9.17, 15) is 9.59 Å². The summed E-state index contributed by atoms with van der Waals surface area (Å²) < 4.78 is 16.3. The van der Waals surface area contributed by atoms with Gasteiger partial charge in [0.05, 0.1) is 13.7 Å². The third-order valence-electron chi connectivity index (χ3n) is 4.71. The molecule has 1 N–H and O–H groups in total. The number of hydrogen-bond donors (Lipinski definition) is 1. The number of rotatable bonds is 7. The minimum absolute atomic E-state index is 0.277. The summed E-state index contributed by atoms with van der Waals surface area (Å²) in [5.74, 6) is 2.53. The largest absolute Gasteiger partial charge is 0.497 e. The van der Waals surface area contributed by atoms with Gasteiger partial charge < -0.3 is 19.2 Å². The van der Waals surface area contributed by atoms with Gasteiger partial charge in [-0.15, -0.1) is 0 Å². The van der Waals surface area contributed by atoms with Crippen LogP contribution in [0.25, 0.3) is 0 Å². The molecule has 1 unspecified atom stereocenters. The highest BCUT2D eigenvalue weighted by Crippen LogP contribution is 2.32. The lowest BCUT2D eigenvalue weighted by Crippen LogP contribution is -2.41. The molecule has 27 heavy (non-hydrogen) atoms. The number of imide groups is 1. The molecule has 1 fully saturated rings. The maximum atomic E-state index is 12.9. The summed E-state index contributed by atoms with van der Waals surface area (Å²) in [4.78, 5) is 26.5. The normalized spacial score (nSPS) is 19.3. The van der Waals surface area contributed by atoms with Crippen molar-refractivity contribution < 1.29 is 23.5 Å². The molecule has 1 aliphatic rings. The zero-order chi connectivity index (χ0) is 19.6. The van der Waals surface area contributed by atoms with E-state index in [4.69, 9.17) is 13.9 Å². The number of nitrogens with one attached hydrogen (secondary N) is 1. The fourth-order valence-corrected chi connectivity index (χ4v) is 3.29. The summed E-state index contributed by atoms with van der Waals surface area (Å²) in [7, 11) is 1.61. The van der Waals surface area contributed by atoms with Gasteiger partial charge in [0.15, 0.2) is 0 Å². The van der Waals surface area contributed by atoms with Crippen molar-refractivity contribution in [3.8, 4) is 11.5 Å². The van der Waals surface area contributed by atoms with Crippen LogP contribution in [0.15, 0.2) is 34.7 Å². The number of furan rings is 1. The second-order valence-electron chi connectivity index (χ2n) is 6.72. The van der Waals surface area contributed by atoms with Gasteiger partial charge in [-0.1, -0.05) is 0 Å². The minimum Gasteiger partial charge on any atom is -0.497 e. The lowest BCUT2D eigenvalue weighted by molar-refractivity contribution is -0.131. The fraction of sp³-hybridized carbons (Fsp3) is 0.400. The van der Waals surface area contributed by atoms with Crippen molar-refractivity contribution in [3.05, 3.63) is 47.4 Å². The Labute approximate surface area is 158 Å². The molecule has 1 aromatic carbocycles. The first-order chi connectivity index (χ1) is 12.8. The molecular formula is C20H24N2O5. The molecule has 7 nitrogen and oxygen atoms in total. The molecule has 3 amide bonds. The average Bonchev–Trinajstić information content (AvgIpc) is 3.10. The average molecular weight is 372 g/mol. The summed E-state index contributed by atoms with van der Waals surface area (Å²) in [6.07, 6.45) is 0.532. The number of ether oxygens (including phenoxy) is 2. The van der Waals surface area contributed by atoms with E-state index in [1.54, 1.807) is 27.0 Å². The van der Waals surface area contributed by atoms with Gasteiger partial charge in [0.25, 0.3) is 5.91 Å². The van der Waals surface area contributed by atoms with Gasteiger partial charge in [-0.05, 0) is 57.5 Å². The molecule has 0 radical (unpaired) electrons. The molecule has 1 atom stereocenters. The first-order valence-corrected chi connectivity index (χ1v) is 8.83. The minimum atomic E-state index is -1.10. The highest BCUT2D eigenvalue weighted by atomic mass is 16.5. The third-order valence-corrected chi connectivity index (χ3v) is 4.71. The molecule has 0 spiro atoms. The van der Waals surface area contributed by atoms with Gasteiger partial charge in [0.1, 0.15) is 28.6 Å². The van der Waals surface area contributed by atoms with Crippen LogP contribution in [0.3, 0.4) is 0 Å². The number of carbonyl (C=O) groups excluding carboxylic acids is 2. The Bertz CT molecular complexity index is 843. The van der Waals surface area contributed by atoms with E-state index in [0.717, 1.165) is 5.75 Å². The molecule has 2 aromatic rings. The molecule has 2 heterocycles. The van der Waals surface area contributed by atoms with Gasteiger partial charge >= 0.3 is 6.03 Å². The second kappa shape index (κ2) is 7.34. The zero-order valence-corrected chi connectivity index (χ0v) is 16.0. The first-order valence-electron chi connectivity index (χ1n) is 8.83. The van der Waals surface area contributed by atoms with Gasteiger partial charge in [0, 0.05) is 12.1 Å². The molecule has 3 rings (SSSR count). The van der Waals surface area contributed by atoms with Gasteiger partial charge in [0.2, 0.25) is 0 Å². The lowest BCUT2D eigenvalue weighted by Gasteiger charge is -2.21. The van der Waals surface area contributed by atoms with E-state index in [-0.39, 0.29) is 12.5 Å². The van der Waals surface area contributed by atoms with Crippen LogP contribution in [0.1, 0.15) is 30.4 Å². The zero-order valence-electron chi connectivity index (χ0n) is 16.0. The van der Waals surface area contributed by atoms with Gasteiger partial charge in [-0.2, -0.15) is 0 Å². The van der Waals surface area contributed by atoms with Crippen LogP contribution in [0.4, 0.5) is 4.79 Å². The molecule has 7 heteroatoms. The number of benzene rings is 1. The number of amides is 3. The van der Waals surface area contributed by atoms with Crippen LogP contribution in [0.2, 0.25) is 0 Å². The van der Waals surface area contributed by atoms with Crippen LogP contribution in [-0.2, 0) is 10.3 Å². The van der Waals surface area contributed by atoms with Crippen molar-refractivity contribution in [1.29, 1.82) is 0 Å². The molecule has 0 bridgehead atoms. The molecule has 0 saturated carbocycles. The van der Waals surface area contributed by atoms with Crippen molar-refractivity contribution in [1.82, 2.24) is 10.2 Å². The Morgan fingerprint density at radius 1 is 1.15 bits per heavy atom. The van der Waals surface area contributed by atoms with Crippen molar-refractivity contribution in [3.63, 3.8) is 0 Å². The van der Waals surface area contributed by atoms with Gasteiger partial charge in [-0.25, -0.2) is 4.79 Å². The van der Waals surface area contributed by atoms with Crippen LogP contribution >= 0.6 is 0 Å². The van der Waals surface area contributed by atoms with Crippen molar-refractivity contribution in [2.75, 3.05) is 20.3 Å². The maximum absolute atomic E-state index is 12.9. The lowest BCUT2D eigenvalue weighted by atomic mass is 9.92. The Hall–Kier alpha value is -2.96. The van der Waals surface area contributed by atoms with Crippen molar-refractivity contribution in [2.45, 2.75) is 32.7 Å². The molecular weight excluding hydrogens is 348 g/mol. The van der Waals surface area contributed by atoms with Crippen LogP contribution in [0.5, 0.6) is 11.5 Å². The van der Waals surface area contributed by atoms with Crippen molar-refractivity contribution in [2.24, 2.45) is 0 Å². The standard InChI is InChI=1S/C20H24N2O5/c1-13-12-17(14(2)27-13)20(3)18(23)22(19(24)21-20)10-5-11-26-16-8-6-15(25-4)7-9-16/h6-9,12H,5,10-11H2,1-4H3,(H,21,24). The van der Waals surface area contributed by atoms with Crippen LogP contribution in [-0.4, -0.2) is 37.1 Å². The van der Waals surface area contributed by atoms with E-state index < -0.39 is 11.6 Å². The Balaban J connectivity index is 1.58. The van der Waals surface area contributed by atoms with E-state index in [1.165, 1.54) is 4.90 Å². The summed E-state index contributed by atoms with van der Waals surface area (Å²) in [6.45, 7) is 5.99. The molecule has 0 aliphatic carbocycles. The Morgan fingerprint density at radius 2 is 1.81 bits per heavy atom. The van der Waals surface area contributed by atoms with Crippen LogP contribution < -0.4 is 14.8 Å². The summed E-state index contributed by atoms with van der Waals surface area (Å²) in [6, 6.07) is 8.65. The topological polar surface area (TPSA) is 81.0 Å². The number of methoxy groups -OCH3 is 1. The van der Waals surface area contributed by atoms with E-state index in [0.29, 0.717) is 35.9 Å². The monoisotopic (exact) mass is 372 g/mol. The predicted molar refractivity (Wildman–Crippen MR) is 98.9 cm³/mol. The summed E-state index contributed by atoms with van der Waals surface area (Å²) in [5, 5.41) is 2.79. The number of aryl methyl sites for hydroxylation is 2. The first kappa shape index (κ1) is 18.8.